The Labute approximate surface area is 261 Å². The second-order valence-electron chi connectivity index (χ2n) is 11.7. The fourth-order valence-corrected chi connectivity index (χ4v) is 9.29. The average Bonchev–Trinajstić information content (AvgIpc) is 3.29. The zero-order valence-corrected chi connectivity index (χ0v) is 26.3. The molecule has 0 fully saturated rings. The van der Waals surface area contributed by atoms with Crippen LogP contribution in [-0.4, -0.2) is 10.6 Å². The molecule has 0 radical (unpaired) electrons. The van der Waals surface area contributed by atoms with E-state index < -0.39 is 7.92 Å². The molecule has 0 saturated carbocycles. The van der Waals surface area contributed by atoms with Crippen LogP contribution in [0.15, 0.2) is 150 Å². The molecule has 1 atom stereocenters. The molecule has 1 aromatic heterocycles. The van der Waals surface area contributed by atoms with Crippen LogP contribution >= 0.6 is 7.92 Å². The predicted molar refractivity (Wildman–Crippen MR) is 189 cm³/mol. The molecule has 6 aromatic rings. The number of aromatic amines is 1. The second kappa shape index (κ2) is 12.6. The lowest BCUT2D eigenvalue weighted by Gasteiger charge is -2.28. The van der Waals surface area contributed by atoms with Crippen molar-refractivity contribution in [2.75, 3.05) is 0 Å². The average molecular weight is 589 g/mol. The fourth-order valence-electron chi connectivity index (χ4n) is 6.47. The van der Waals surface area contributed by atoms with Crippen molar-refractivity contribution >= 4 is 40.2 Å². The maximum absolute atomic E-state index is 5.62. The lowest BCUT2D eigenvalue weighted by molar-refractivity contribution is 0.832. The van der Waals surface area contributed by atoms with Crippen LogP contribution in [0.3, 0.4) is 0 Å². The SMILES string of the molecule is Cc1ccccc1Cc1c(C)c2cc3ccccc3cc2[nH]/c1=N\C1=CC=CCCC1P(c1ccccc1)c1ccccc1. The van der Waals surface area contributed by atoms with Crippen molar-refractivity contribution in [1.82, 2.24) is 4.98 Å². The Kier molecular flexibility index (Phi) is 8.10. The molecule has 0 saturated heterocycles. The van der Waals surface area contributed by atoms with Gasteiger partial charge in [-0.2, -0.15) is 0 Å². The topological polar surface area (TPSA) is 28.1 Å². The van der Waals surface area contributed by atoms with Crippen molar-refractivity contribution < 1.29 is 0 Å². The molecular weight excluding hydrogens is 551 g/mol. The summed E-state index contributed by atoms with van der Waals surface area (Å²) in [7, 11) is -0.666. The van der Waals surface area contributed by atoms with E-state index in [1.807, 2.05) is 0 Å². The number of pyridine rings is 1. The van der Waals surface area contributed by atoms with E-state index in [1.165, 1.54) is 49.0 Å². The summed E-state index contributed by atoms with van der Waals surface area (Å²) in [6.45, 7) is 4.48. The van der Waals surface area contributed by atoms with Crippen molar-refractivity contribution in [1.29, 1.82) is 0 Å². The molecule has 0 aliphatic heterocycles. The number of nitrogens with zero attached hydrogens (tertiary/aromatic N) is 1. The third-order valence-electron chi connectivity index (χ3n) is 8.88. The molecule has 1 N–H and O–H groups in total. The molecule has 1 aliphatic carbocycles. The first-order chi connectivity index (χ1) is 21.7. The number of hydrogen-bond donors (Lipinski definition) is 1. The minimum absolute atomic E-state index is 0.289. The number of aromatic nitrogens is 1. The number of nitrogens with one attached hydrogen (secondary N) is 1. The Bertz CT molecular complexity index is 2030. The van der Waals surface area contributed by atoms with Crippen LogP contribution in [0.1, 0.15) is 35.1 Å². The number of hydrogen-bond acceptors (Lipinski definition) is 1. The highest BCUT2D eigenvalue weighted by atomic mass is 31.1. The molecule has 7 rings (SSSR count). The van der Waals surface area contributed by atoms with Gasteiger partial charge in [-0.25, -0.2) is 4.99 Å². The van der Waals surface area contributed by atoms with E-state index in [0.29, 0.717) is 0 Å². The quantitative estimate of drug-likeness (QED) is 0.148. The van der Waals surface area contributed by atoms with E-state index in [2.05, 4.69) is 158 Å². The van der Waals surface area contributed by atoms with Gasteiger partial charge >= 0.3 is 0 Å². The van der Waals surface area contributed by atoms with Crippen LogP contribution in [0.2, 0.25) is 0 Å². The van der Waals surface area contributed by atoms with Gasteiger partial charge in [0.2, 0.25) is 0 Å². The van der Waals surface area contributed by atoms with Crippen LogP contribution < -0.4 is 16.1 Å². The van der Waals surface area contributed by atoms with E-state index >= 15 is 0 Å². The number of rotatable bonds is 6. The minimum Gasteiger partial charge on any atom is -0.339 e. The number of fused-ring (bicyclic) bond motifs is 2. The van der Waals surface area contributed by atoms with Crippen molar-refractivity contribution in [2.24, 2.45) is 4.99 Å². The Morgan fingerprint density at radius 1 is 0.750 bits per heavy atom. The third kappa shape index (κ3) is 5.71. The molecule has 1 heterocycles. The van der Waals surface area contributed by atoms with Crippen LogP contribution in [0.5, 0.6) is 0 Å². The minimum atomic E-state index is -0.666. The Balaban J connectivity index is 1.45. The zero-order chi connectivity index (χ0) is 29.9. The first kappa shape index (κ1) is 28.3. The summed E-state index contributed by atoms with van der Waals surface area (Å²) in [6.07, 6.45) is 9.72. The van der Waals surface area contributed by atoms with Crippen molar-refractivity contribution in [3.05, 3.63) is 173 Å². The summed E-state index contributed by atoms with van der Waals surface area (Å²) in [5, 5.41) is 6.54. The molecule has 0 bridgehead atoms. The molecule has 0 spiro atoms. The summed E-state index contributed by atoms with van der Waals surface area (Å²) >= 11 is 0. The van der Waals surface area contributed by atoms with Gasteiger partial charge in [0.25, 0.3) is 0 Å². The highest BCUT2D eigenvalue weighted by Gasteiger charge is 2.28. The normalized spacial score (nSPS) is 15.6. The first-order valence-electron chi connectivity index (χ1n) is 15.6. The standard InChI is InChI=1S/C41H37N2P/c1-29-16-12-13-17-31(29)26-37-30(2)36-27-32-18-14-15-19-33(32)28-39(36)43-41(37)42-38-24-10-5-11-25-40(38)44(34-20-6-3-7-21-34)35-22-8-4-9-23-35/h3-10,12-24,27-28,40H,11,25-26H2,1-2H3,(H,42,43). The molecule has 44 heavy (non-hydrogen) atoms. The van der Waals surface area contributed by atoms with Gasteiger partial charge in [-0.15, -0.1) is 0 Å². The van der Waals surface area contributed by atoms with E-state index in [9.17, 15) is 0 Å². The van der Waals surface area contributed by atoms with Gasteiger partial charge in [0.15, 0.2) is 0 Å². The molecule has 5 aromatic carbocycles. The zero-order valence-electron chi connectivity index (χ0n) is 25.4. The summed E-state index contributed by atoms with van der Waals surface area (Å²) < 4.78 is 0. The molecule has 3 heteroatoms. The van der Waals surface area contributed by atoms with Crippen LogP contribution in [0, 0.1) is 13.8 Å². The number of aryl methyl sites for hydroxylation is 2. The maximum Gasteiger partial charge on any atom is 0.134 e. The number of benzene rings is 5. The van der Waals surface area contributed by atoms with Crippen molar-refractivity contribution in [3.8, 4) is 0 Å². The highest BCUT2D eigenvalue weighted by Crippen LogP contribution is 2.46. The van der Waals surface area contributed by atoms with E-state index in [0.717, 1.165) is 36.0 Å². The first-order valence-corrected chi connectivity index (χ1v) is 17.0. The Hall–Kier alpha value is -4.52. The smallest absolute Gasteiger partial charge is 0.134 e. The highest BCUT2D eigenvalue weighted by molar-refractivity contribution is 7.73. The number of allylic oxidation sites excluding steroid dienone is 4. The summed E-state index contributed by atoms with van der Waals surface area (Å²) in [5.74, 6) is 0. The fraction of sp³-hybridized carbons (Fsp3) is 0.146. The third-order valence-corrected chi connectivity index (χ3v) is 11.7. The monoisotopic (exact) mass is 588 g/mol. The molecule has 0 amide bonds. The van der Waals surface area contributed by atoms with Gasteiger partial charge in [-0.1, -0.05) is 121 Å². The summed E-state index contributed by atoms with van der Waals surface area (Å²) in [4.78, 5) is 9.47. The second-order valence-corrected chi connectivity index (χ2v) is 14.1. The summed E-state index contributed by atoms with van der Waals surface area (Å²) in [5.41, 5.74) is 8.74. The van der Waals surface area contributed by atoms with Crippen LogP contribution in [-0.2, 0) is 6.42 Å². The van der Waals surface area contributed by atoms with Gasteiger partial charge in [0.05, 0.1) is 5.70 Å². The molecule has 2 nitrogen and oxygen atoms in total. The van der Waals surface area contributed by atoms with E-state index in [4.69, 9.17) is 4.99 Å². The molecule has 216 valence electrons. The van der Waals surface area contributed by atoms with Crippen molar-refractivity contribution in [2.45, 2.75) is 38.8 Å². The van der Waals surface area contributed by atoms with Gasteiger partial charge < -0.3 is 4.98 Å². The summed E-state index contributed by atoms with van der Waals surface area (Å²) in [6, 6.07) is 44.1. The van der Waals surface area contributed by atoms with Gasteiger partial charge in [0.1, 0.15) is 5.49 Å². The predicted octanol–water partition coefficient (Wildman–Crippen LogP) is 9.16. The van der Waals surface area contributed by atoms with Gasteiger partial charge in [-0.3, -0.25) is 0 Å². The van der Waals surface area contributed by atoms with Crippen LogP contribution in [0.4, 0.5) is 0 Å². The van der Waals surface area contributed by atoms with Gasteiger partial charge in [-0.05, 0) is 90.9 Å². The lowest BCUT2D eigenvalue weighted by Crippen LogP contribution is -2.25. The Morgan fingerprint density at radius 2 is 1.39 bits per heavy atom. The van der Waals surface area contributed by atoms with Crippen LogP contribution in [0.25, 0.3) is 21.7 Å². The van der Waals surface area contributed by atoms with E-state index in [1.54, 1.807) is 0 Å². The van der Waals surface area contributed by atoms with Crippen molar-refractivity contribution in [3.63, 3.8) is 0 Å². The van der Waals surface area contributed by atoms with Gasteiger partial charge in [0, 0.05) is 28.5 Å². The molecular formula is C41H37N2P. The molecule has 1 aliphatic rings. The maximum atomic E-state index is 5.62. The molecule has 1 unspecified atom stereocenters. The number of H-pyrrole nitrogens is 1. The lowest BCUT2D eigenvalue weighted by atomic mass is 9.95. The Morgan fingerprint density at radius 3 is 2.09 bits per heavy atom. The van der Waals surface area contributed by atoms with E-state index in [-0.39, 0.29) is 5.66 Å². The largest absolute Gasteiger partial charge is 0.339 e.